The Balaban J connectivity index is 2.19. The van der Waals surface area contributed by atoms with Gasteiger partial charge in [0, 0.05) is 6.54 Å². The third kappa shape index (κ3) is 5.06. The molecule has 0 radical (unpaired) electrons. The molecule has 0 atom stereocenters. The van der Waals surface area contributed by atoms with Crippen LogP contribution in [0.4, 0.5) is 13.6 Å². The van der Waals surface area contributed by atoms with Gasteiger partial charge in [0.1, 0.15) is 17.2 Å². The Morgan fingerprint density at radius 2 is 1.65 bits per heavy atom. The van der Waals surface area contributed by atoms with Crippen molar-refractivity contribution in [3.05, 3.63) is 59.7 Å². The van der Waals surface area contributed by atoms with Crippen LogP contribution in [0.25, 0.3) is 11.1 Å². The van der Waals surface area contributed by atoms with Crippen LogP contribution in [-0.4, -0.2) is 11.7 Å². The molecule has 0 aromatic heterocycles. The summed E-state index contributed by atoms with van der Waals surface area (Å²) < 4.78 is 31.7. The number of ether oxygens (including phenoxy) is 1. The van der Waals surface area contributed by atoms with Crippen LogP contribution in [0.2, 0.25) is 0 Å². The fraction of sp³-hybridized carbons (Fsp3) is 0.278. The number of amides is 1. The van der Waals surface area contributed by atoms with E-state index in [4.69, 9.17) is 4.74 Å². The van der Waals surface area contributed by atoms with Gasteiger partial charge in [-0.3, -0.25) is 0 Å². The second kappa shape index (κ2) is 6.77. The molecule has 0 aliphatic rings. The lowest BCUT2D eigenvalue weighted by atomic mass is 9.99. The minimum absolute atomic E-state index is 0.110. The van der Waals surface area contributed by atoms with E-state index in [0.29, 0.717) is 5.56 Å². The zero-order valence-corrected chi connectivity index (χ0v) is 13.3. The summed E-state index contributed by atoms with van der Waals surface area (Å²) in [6, 6.07) is 10.2. The molecule has 122 valence electrons. The average Bonchev–Trinajstić information content (AvgIpc) is 2.45. The number of hydrogen-bond acceptors (Lipinski definition) is 2. The zero-order chi connectivity index (χ0) is 17.0. The summed E-state index contributed by atoms with van der Waals surface area (Å²) >= 11 is 0. The van der Waals surface area contributed by atoms with Crippen molar-refractivity contribution >= 4 is 6.09 Å². The standard InChI is InChI=1S/C18H19F2NO2/c1-18(2,3)23-17(22)21-11-13-10-15(20)8-9-16(13)12-4-6-14(19)7-5-12/h4-10H,11H2,1-3H3,(H,21,22). The van der Waals surface area contributed by atoms with Gasteiger partial charge in [0.15, 0.2) is 0 Å². The van der Waals surface area contributed by atoms with Crippen LogP contribution < -0.4 is 5.32 Å². The normalized spacial score (nSPS) is 11.2. The highest BCUT2D eigenvalue weighted by Crippen LogP contribution is 2.25. The van der Waals surface area contributed by atoms with E-state index in [0.717, 1.165) is 11.1 Å². The number of alkyl carbamates (subject to hydrolysis) is 1. The Hall–Kier alpha value is -2.43. The maximum absolute atomic E-state index is 13.5. The summed E-state index contributed by atoms with van der Waals surface area (Å²) in [5, 5.41) is 2.60. The number of carbonyl (C=O) groups is 1. The minimum atomic E-state index is -0.605. The Kier molecular flexibility index (Phi) is 4.98. The average molecular weight is 319 g/mol. The zero-order valence-electron chi connectivity index (χ0n) is 13.3. The van der Waals surface area contributed by atoms with Crippen LogP contribution >= 0.6 is 0 Å². The van der Waals surface area contributed by atoms with Gasteiger partial charge in [-0.2, -0.15) is 0 Å². The van der Waals surface area contributed by atoms with E-state index in [9.17, 15) is 13.6 Å². The SMILES string of the molecule is CC(C)(C)OC(=O)NCc1cc(F)ccc1-c1ccc(F)cc1. The molecule has 0 aliphatic carbocycles. The Labute approximate surface area is 134 Å². The fourth-order valence-corrected chi connectivity index (χ4v) is 2.10. The first-order chi connectivity index (χ1) is 10.7. The Bertz CT molecular complexity index is 691. The second-order valence-corrected chi connectivity index (χ2v) is 6.16. The molecular weight excluding hydrogens is 300 g/mol. The minimum Gasteiger partial charge on any atom is -0.444 e. The number of hydrogen-bond donors (Lipinski definition) is 1. The summed E-state index contributed by atoms with van der Waals surface area (Å²) in [4.78, 5) is 11.7. The van der Waals surface area contributed by atoms with Crippen LogP contribution in [0.1, 0.15) is 26.3 Å². The van der Waals surface area contributed by atoms with Gasteiger partial charge in [-0.25, -0.2) is 13.6 Å². The highest BCUT2D eigenvalue weighted by atomic mass is 19.1. The molecule has 0 unspecified atom stereocenters. The third-order valence-electron chi connectivity index (χ3n) is 3.04. The molecule has 2 aromatic carbocycles. The van der Waals surface area contributed by atoms with Crippen molar-refractivity contribution in [2.75, 3.05) is 0 Å². The topological polar surface area (TPSA) is 38.3 Å². The second-order valence-electron chi connectivity index (χ2n) is 6.16. The lowest BCUT2D eigenvalue weighted by Gasteiger charge is -2.20. The van der Waals surface area contributed by atoms with Gasteiger partial charge in [-0.15, -0.1) is 0 Å². The molecule has 1 N–H and O–H groups in total. The van der Waals surface area contributed by atoms with Crippen LogP contribution in [-0.2, 0) is 11.3 Å². The quantitative estimate of drug-likeness (QED) is 0.894. The molecule has 1 amide bonds. The summed E-state index contributed by atoms with van der Waals surface area (Å²) in [5.74, 6) is -0.749. The van der Waals surface area contributed by atoms with Crippen molar-refractivity contribution in [3.8, 4) is 11.1 Å². The first-order valence-electron chi connectivity index (χ1n) is 7.26. The molecule has 0 spiro atoms. The largest absolute Gasteiger partial charge is 0.444 e. The molecule has 0 saturated carbocycles. The molecule has 2 rings (SSSR count). The molecule has 0 heterocycles. The summed E-state index contributed by atoms with van der Waals surface area (Å²) in [6.45, 7) is 5.40. The van der Waals surface area contributed by atoms with Crippen molar-refractivity contribution in [2.24, 2.45) is 0 Å². The Morgan fingerprint density at radius 3 is 2.26 bits per heavy atom. The fourth-order valence-electron chi connectivity index (χ4n) is 2.10. The smallest absolute Gasteiger partial charge is 0.407 e. The van der Waals surface area contributed by atoms with Gasteiger partial charge in [-0.05, 0) is 61.7 Å². The van der Waals surface area contributed by atoms with Crippen molar-refractivity contribution in [1.82, 2.24) is 5.32 Å². The number of halogens is 2. The predicted octanol–water partition coefficient (Wildman–Crippen LogP) is 4.66. The van der Waals surface area contributed by atoms with Crippen LogP contribution in [0.15, 0.2) is 42.5 Å². The predicted molar refractivity (Wildman–Crippen MR) is 84.9 cm³/mol. The van der Waals surface area contributed by atoms with E-state index >= 15 is 0 Å². The van der Waals surface area contributed by atoms with E-state index in [2.05, 4.69) is 5.32 Å². The summed E-state index contributed by atoms with van der Waals surface area (Å²) in [7, 11) is 0. The summed E-state index contributed by atoms with van der Waals surface area (Å²) in [5.41, 5.74) is 1.45. The van der Waals surface area contributed by atoms with Gasteiger partial charge in [0.25, 0.3) is 0 Å². The monoisotopic (exact) mass is 319 g/mol. The van der Waals surface area contributed by atoms with Gasteiger partial charge >= 0.3 is 6.09 Å². The highest BCUT2D eigenvalue weighted by Gasteiger charge is 2.16. The number of benzene rings is 2. The third-order valence-corrected chi connectivity index (χ3v) is 3.04. The summed E-state index contributed by atoms with van der Waals surface area (Å²) in [6.07, 6.45) is -0.577. The molecule has 0 saturated heterocycles. The van der Waals surface area contributed by atoms with E-state index in [1.54, 1.807) is 39.0 Å². The van der Waals surface area contributed by atoms with E-state index in [-0.39, 0.29) is 12.4 Å². The van der Waals surface area contributed by atoms with Crippen LogP contribution in [0, 0.1) is 11.6 Å². The molecule has 2 aromatic rings. The molecule has 23 heavy (non-hydrogen) atoms. The van der Waals surface area contributed by atoms with E-state index in [1.807, 2.05) is 0 Å². The number of carbonyl (C=O) groups excluding carboxylic acids is 1. The lowest BCUT2D eigenvalue weighted by molar-refractivity contribution is 0.0523. The molecular formula is C18H19F2NO2. The first-order valence-corrected chi connectivity index (χ1v) is 7.26. The van der Waals surface area contributed by atoms with Gasteiger partial charge < -0.3 is 10.1 Å². The molecule has 3 nitrogen and oxygen atoms in total. The molecule has 5 heteroatoms. The van der Waals surface area contributed by atoms with Crippen molar-refractivity contribution in [3.63, 3.8) is 0 Å². The molecule has 0 bridgehead atoms. The highest BCUT2D eigenvalue weighted by molar-refractivity contribution is 5.70. The van der Waals surface area contributed by atoms with E-state index in [1.165, 1.54) is 24.3 Å². The number of nitrogens with one attached hydrogen (secondary N) is 1. The maximum atomic E-state index is 13.5. The molecule has 0 fully saturated rings. The van der Waals surface area contributed by atoms with Crippen molar-refractivity contribution in [1.29, 1.82) is 0 Å². The van der Waals surface area contributed by atoms with Crippen molar-refractivity contribution in [2.45, 2.75) is 32.9 Å². The van der Waals surface area contributed by atoms with Gasteiger partial charge in [0.2, 0.25) is 0 Å². The molecule has 0 aliphatic heterocycles. The number of rotatable bonds is 3. The Morgan fingerprint density at radius 1 is 1.04 bits per heavy atom. The lowest BCUT2D eigenvalue weighted by Crippen LogP contribution is -2.32. The van der Waals surface area contributed by atoms with Crippen molar-refractivity contribution < 1.29 is 18.3 Å². The first kappa shape index (κ1) is 16.9. The van der Waals surface area contributed by atoms with E-state index < -0.39 is 17.5 Å². The van der Waals surface area contributed by atoms with Crippen LogP contribution in [0.5, 0.6) is 0 Å². The van der Waals surface area contributed by atoms with Gasteiger partial charge in [-0.1, -0.05) is 18.2 Å². The van der Waals surface area contributed by atoms with Crippen LogP contribution in [0.3, 0.4) is 0 Å². The maximum Gasteiger partial charge on any atom is 0.407 e. The van der Waals surface area contributed by atoms with Gasteiger partial charge in [0.05, 0.1) is 0 Å².